The largest absolute Gasteiger partial charge is 0.573 e. The molecule has 0 radical (unpaired) electrons. The van der Waals surface area contributed by atoms with Gasteiger partial charge in [0.1, 0.15) is 5.75 Å². The number of carbonyl (C=O) groups excluding carboxylic acids is 2. The normalized spacial score (nSPS) is 27.1. The first kappa shape index (κ1) is 25.7. The van der Waals surface area contributed by atoms with E-state index in [0.717, 1.165) is 24.9 Å². The van der Waals surface area contributed by atoms with E-state index in [-0.39, 0.29) is 41.7 Å². The van der Waals surface area contributed by atoms with E-state index >= 15 is 0 Å². The number of benzene rings is 1. The summed E-state index contributed by atoms with van der Waals surface area (Å²) < 4.78 is 46.2. The van der Waals surface area contributed by atoms with Crippen molar-refractivity contribution in [3.05, 3.63) is 29.8 Å². The first-order valence-electron chi connectivity index (χ1n) is 12.1. The number of ether oxygens (including phenoxy) is 2. The number of halogens is 3. The van der Waals surface area contributed by atoms with Gasteiger partial charge in [0.25, 0.3) is 0 Å². The van der Waals surface area contributed by atoms with Crippen LogP contribution in [0.15, 0.2) is 24.3 Å². The van der Waals surface area contributed by atoms with Gasteiger partial charge in [0.15, 0.2) is 0 Å². The fraction of sp³-hybridized carbons (Fsp3) is 0.667. The van der Waals surface area contributed by atoms with Crippen LogP contribution in [0.25, 0.3) is 0 Å². The Hall–Kier alpha value is -2.37. The van der Waals surface area contributed by atoms with Crippen molar-refractivity contribution >= 4 is 11.8 Å². The van der Waals surface area contributed by atoms with Crippen LogP contribution in [-0.2, 0) is 20.9 Å². The highest BCUT2D eigenvalue weighted by Crippen LogP contribution is 2.28. The van der Waals surface area contributed by atoms with Crippen molar-refractivity contribution in [3.63, 3.8) is 0 Å². The van der Waals surface area contributed by atoms with Crippen molar-refractivity contribution in [2.24, 2.45) is 0 Å². The topological polar surface area (TPSA) is 83.1 Å². The smallest absolute Gasteiger partial charge is 0.406 e. The third-order valence-corrected chi connectivity index (χ3v) is 7.12. The molecule has 0 unspecified atom stereocenters. The van der Waals surface area contributed by atoms with Gasteiger partial charge in [-0.05, 0) is 43.4 Å². The average molecular weight is 499 g/mol. The molecule has 194 valence electrons. The van der Waals surface area contributed by atoms with Crippen LogP contribution in [0.5, 0.6) is 5.75 Å². The van der Waals surface area contributed by atoms with Gasteiger partial charge in [0, 0.05) is 51.8 Å². The first-order chi connectivity index (χ1) is 16.7. The zero-order chi connectivity index (χ0) is 25.0. The average Bonchev–Trinajstić information content (AvgIpc) is 3.45. The van der Waals surface area contributed by atoms with Crippen molar-refractivity contribution in [2.45, 2.75) is 69.2 Å². The summed E-state index contributed by atoms with van der Waals surface area (Å²) in [6.07, 6.45) is -0.977. The number of hydrogen-bond donors (Lipinski definition) is 2. The lowest BCUT2D eigenvalue weighted by Crippen LogP contribution is -2.58. The van der Waals surface area contributed by atoms with E-state index in [0.29, 0.717) is 45.5 Å². The van der Waals surface area contributed by atoms with E-state index in [1.807, 2.05) is 4.90 Å². The SMILES string of the molecule is COC[C@@H]1CCCN1C(=O)CC[C@H]1CNC(=O)[C@H]2C[C@H](NCc3ccc(OC(F)(F)F)cc3)CN12. The number of rotatable bonds is 9. The number of methoxy groups -OCH3 is 1. The molecule has 1 aromatic carbocycles. The predicted octanol–water partition coefficient (Wildman–Crippen LogP) is 2.03. The minimum absolute atomic E-state index is 0.00484. The van der Waals surface area contributed by atoms with Crippen LogP contribution in [0.3, 0.4) is 0 Å². The molecule has 0 saturated carbocycles. The maximum absolute atomic E-state index is 12.8. The highest BCUT2D eigenvalue weighted by molar-refractivity contribution is 5.83. The Morgan fingerprint density at radius 3 is 2.71 bits per heavy atom. The number of nitrogens with zero attached hydrogens (tertiary/aromatic N) is 2. The molecule has 4 atom stereocenters. The predicted molar refractivity (Wildman–Crippen MR) is 122 cm³/mol. The molecule has 35 heavy (non-hydrogen) atoms. The van der Waals surface area contributed by atoms with E-state index in [1.54, 1.807) is 19.2 Å². The van der Waals surface area contributed by atoms with Crippen molar-refractivity contribution < 1.29 is 32.2 Å². The Balaban J connectivity index is 1.27. The number of fused-ring (bicyclic) bond motifs is 1. The first-order valence-corrected chi connectivity index (χ1v) is 12.1. The third kappa shape index (κ3) is 6.65. The molecule has 0 aliphatic carbocycles. The van der Waals surface area contributed by atoms with Gasteiger partial charge in [-0.25, -0.2) is 0 Å². The van der Waals surface area contributed by atoms with Crippen molar-refractivity contribution in [2.75, 3.05) is 33.4 Å². The summed E-state index contributed by atoms with van der Waals surface area (Å²) in [5.41, 5.74) is 0.826. The molecule has 0 bridgehead atoms. The summed E-state index contributed by atoms with van der Waals surface area (Å²) >= 11 is 0. The van der Waals surface area contributed by atoms with E-state index < -0.39 is 6.36 Å². The highest BCUT2D eigenvalue weighted by Gasteiger charge is 2.43. The van der Waals surface area contributed by atoms with Crippen LogP contribution >= 0.6 is 0 Å². The third-order valence-electron chi connectivity index (χ3n) is 7.12. The second-order valence-electron chi connectivity index (χ2n) is 9.49. The standard InChI is InChI=1S/C24H33F3N4O4/c1-34-15-19-3-2-10-30(19)22(32)9-6-18-13-29-23(33)21-11-17(14-31(18)21)28-12-16-4-7-20(8-5-16)35-24(25,26)27/h4-5,7-8,17-19,21,28H,2-3,6,9-15H2,1H3,(H,29,33)/t17-,18-,19-,21+/m0/s1. The Labute approximate surface area is 203 Å². The monoisotopic (exact) mass is 498 g/mol. The lowest BCUT2D eigenvalue weighted by molar-refractivity contribution is -0.274. The van der Waals surface area contributed by atoms with Gasteiger partial charge in [-0.15, -0.1) is 13.2 Å². The molecule has 8 nitrogen and oxygen atoms in total. The fourth-order valence-corrected chi connectivity index (χ4v) is 5.43. The molecular formula is C24H33F3N4O4. The molecule has 3 fully saturated rings. The van der Waals surface area contributed by atoms with Gasteiger partial charge in [0.2, 0.25) is 11.8 Å². The van der Waals surface area contributed by atoms with Gasteiger partial charge >= 0.3 is 6.36 Å². The molecule has 4 rings (SSSR count). The molecule has 2 amide bonds. The summed E-state index contributed by atoms with van der Waals surface area (Å²) in [5.74, 6) is -0.106. The second kappa shape index (κ2) is 11.1. The quantitative estimate of drug-likeness (QED) is 0.542. The fourth-order valence-electron chi connectivity index (χ4n) is 5.43. The van der Waals surface area contributed by atoms with E-state index in [9.17, 15) is 22.8 Å². The number of carbonyl (C=O) groups is 2. The number of hydrogen-bond acceptors (Lipinski definition) is 6. The molecule has 0 aromatic heterocycles. The summed E-state index contributed by atoms with van der Waals surface area (Å²) in [7, 11) is 1.65. The maximum Gasteiger partial charge on any atom is 0.573 e. The summed E-state index contributed by atoms with van der Waals surface area (Å²) in [5, 5.41) is 6.40. The molecule has 0 spiro atoms. The van der Waals surface area contributed by atoms with E-state index in [1.165, 1.54) is 12.1 Å². The van der Waals surface area contributed by atoms with Crippen molar-refractivity contribution in [1.29, 1.82) is 0 Å². The Kier molecular flexibility index (Phi) is 8.18. The van der Waals surface area contributed by atoms with E-state index in [4.69, 9.17) is 4.74 Å². The molecule has 3 heterocycles. The zero-order valence-electron chi connectivity index (χ0n) is 19.9. The van der Waals surface area contributed by atoms with Crippen LogP contribution < -0.4 is 15.4 Å². The molecule has 3 aliphatic heterocycles. The van der Waals surface area contributed by atoms with Gasteiger partial charge in [-0.3, -0.25) is 14.5 Å². The van der Waals surface area contributed by atoms with Gasteiger partial charge in [-0.1, -0.05) is 12.1 Å². The van der Waals surface area contributed by atoms with Crippen LogP contribution in [0, 0.1) is 0 Å². The summed E-state index contributed by atoms with van der Waals surface area (Å²) in [6.45, 7) is 3.01. The summed E-state index contributed by atoms with van der Waals surface area (Å²) in [6, 6.07) is 5.84. The number of amides is 2. The number of likely N-dealkylation sites (tertiary alicyclic amines) is 1. The maximum atomic E-state index is 12.8. The number of alkyl halides is 3. The zero-order valence-corrected chi connectivity index (χ0v) is 19.9. The van der Waals surface area contributed by atoms with Gasteiger partial charge in [0.05, 0.1) is 18.7 Å². The van der Waals surface area contributed by atoms with Crippen LogP contribution in [-0.4, -0.2) is 85.5 Å². The molecule has 3 saturated heterocycles. The minimum Gasteiger partial charge on any atom is -0.406 e. The van der Waals surface area contributed by atoms with Crippen molar-refractivity contribution in [1.82, 2.24) is 20.4 Å². The van der Waals surface area contributed by atoms with Gasteiger partial charge < -0.3 is 25.0 Å². The lowest BCUT2D eigenvalue weighted by Gasteiger charge is -2.37. The Morgan fingerprint density at radius 2 is 2.00 bits per heavy atom. The number of nitrogens with one attached hydrogen (secondary N) is 2. The Bertz CT molecular complexity index is 883. The van der Waals surface area contributed by atoms with Gasteiger partial charge in [-0.2, -0.15) is 0 Å². The van der Waals surface area contributed by atoms with Crippen molar-refractivity contribution in [3.8, 4) is 5.75 Å². The molecule has 3 aliphatic rings. The molecule has 1 aromatic rings. The lowest BCUT2D eigenvalue weighted by atomic mass is 10.0. The minimum atomic E-state index is -4.71. The molecule has 2 N–H and O–H groups in total. The molecule has 11 heteroatoms. The number of piperazine rings is 1. The van der Waals surface area contributed by atoms with Crippen LogP contribution in [0.2, 0.25) is 0 Å². The van der Waals surface area contributed by atoms with Crippen LogP contribution in [0.1, 0.15) is 37.7 Å². The van der Waals surface area contributed by atoms with E-state index in [2.05, 4.69) is 20.3 Å². The van der Waals surface area contributed by atoms with Crippen LogP contribution in [0.4, 0.5) is 13.2 Å². The Morgan fingerprint density at radius 1 is 1.23 bits per heavy atom. The highest BCUT2D eigenvalue weighted by atomic mass is 19.4. The summed E-state index contributed by atoms with van der Waals surface area (Å²) in [4.78, 5) is 29.4. The molecular weight excluding hydrogens is 465 g/mol. The second-order valence-corrected chi connectivity index (χ2v) is 9.49.